The molecular weight excluding hydrogens is 134 g/mol. The number of hydrogen-bond donors (Lipinski definition) is 0. The van der Waals surface area contributed by atoms with Gasteiger partial charge in [0.1, 0.15) is 0 Å². The van der Waals surface area contributed by atoms with Crippen LogP contribution in [-0.4, -0.2) is 25.0 Å². The summed E-state index contributed by atoms with van der Waals surface area (Å²) in [6, 6.07) is 0. The molecule has 0 aromatic heterocycles. The van der Waals surface area contributed by atoms with Gasteiger partial charge in [-0.2, -0.15) is 0 Å². The Bertz CT molecular complexity index is 160. The molecule has 1 saturated heterocycles. The van der Waals surface area contributed by atoms with E-state index in [4.69, 9.17) is 0 Å². The van der Waals surface area contributed by atoms with Crippen LogP contribution in [0.3, 0.4) is 0 Å². The Hall–Kier alpha value is -0.560. The number of hydrogen-bond acceptors (Lipinski definition) is 1. The minimum absolute atomic E-state index is 0.825. The number of likely N-dealkylation sites (tertiary alicyclic amines) is 1. The van der Waals surface area contributed by atoms with Crippen molar-refractivity contribution in [2.75, 3.05) is 20.1 Å². The highest BCUT2D eigenvalue weighted by Gasteiger charge is 2.18. The fourth-order valence-corrected chi connectivity index (χ4v) is 1.65. The minimum atomic E-state index is 0.825. The van der Waals surface area contributed by atoms with Crippen molar-refractivity contribution >= 4 is 0 Å². The van der Waals surface area contributed by atoms with Crippen LogP contribution in [-0.2, 0) is 0 Å². The van der Waals surface area contributed by atoms with Gasteiger partial charge < -0.3 is 4.90 Å². The van der Waals surface area contributed by atoms with E-state index in [1.807, 2.05) is 6.08 Å². The lowest BCUT2D eigenvalue weighted by Crippen LogP contribution is -2.13. The molecule has 0 aromatic carbocycles. The normalized spacial score (nSPS) is 25.4. The highest BCUT2D eigenvalue weighted by atomic mass is 15.1. The first kappa shape index (κ1) is 8.54. The molecule has 1 aliphatic rings. The Morgan fingerprint density at radius 2 is 2.45 bits per heavy atom. The second kappa shape index (κ2) is 3.72. The van der Waals surface area contributed by atoms with E-state index in [2.05, 4.69) is 25.1 Å². The van der Waals surface area contributed by atoms with Crippen molar-refractivity contribution in [3.05, 3.63) is 24.8 Å². The molecule has 1 fully saturated rings. The maximum atomic E-state index is 3.93. The van der Waals surface area contributed by atoms with E-state index < -0.39 is 0 Å². The summed E-state index contributed by atoms with van der Waals surface area (Å²) in [6.45, 7) is 10.1. The van der Waals surface area contributed by atoms with Gasteiger partial charge in [0, 0.05) is 6.54 Å². The summed E-state index contributed by atoms with van der Waals surface area (Å²) in [5, 5.41) is 0. The topological polar surface area (TPSA) is 3.24 Å². The van der Waals surface area contributed by atoms with Crippen LogP contribution < -0.4 is 0 Å². The van der Waals surface area contributed by atoms with E-state index in [1.54, 1.807) is 0 Å². The highest BCUT2D eigenvalue weighted by molar-refractivity contribution is 5.11. The van der Waals surface area contributed by atoms with Crippen molar-refractivity contribution in [1.29, 1.82) is 0 Å². The van der Waals surface area contributed by atoms with E-state index in [0.717, 1.165) is 12.3 Å². The van der Waals surface area contributed by atoms with Gasteiger partial charge in [0.05, 0.1) is 0 Å². The Morgan fingerprint density at radius 1 is 1.73 bits per heavy atom. The van der Waals surface area contributed by atoms with Gasteiger partial charge in [0.2, 0.25) is 0 Å². The quantitative estimate of drug-likeness (QED) is 0.558. The van der Waals surface area contributed by atoms with Crippen LogP contribution in [0.25, 0.3) is 0 Å². The maximum Gasteiger partial charge on any atom is 0.00103 e. The lowest BCUT2D eigenvalue weighted by atomic mass is 10.00. The zero-order valence-electron chi connectivity index (χ0n) is 7.34. The molecule has 0 spiro atoms. The fourth-order valence-electron chi connectivity index (χ4n) is 1.65. The average Bonchev–Trinajstić information content (AvgIpc) is 2.35. The van der Waals surface area contributed by atoms with Gasteiger partial charge >= 0.3 is 0 Å². The third-order valence-corrected chi connectivity index (χ3v) is 2.33. The fraction of sp³-hybridized carbons (Fsp3) is 0.600. The molecule has 1 aliphatic heterocycles. The van der Waals surface area contributed by atoms with E-state index in [-0.39, 0.29) is 0 Å². The molecule has 0 aliphatic carbocycles. The number of nitrogens with zero attached hydrogens (tertiary/aromatic N) is 1. The van der Waals surface area contributed by atoms with E-state index in [9.17, 15) is 0 Å². The molecule has 0 saturated carbocycles. The van der Waals surface area contributed by atoms with Crippen LogP contribution >= 0.6 is 0 Å². The van der Waals surface area contributed by atoms with E-state index >= 15 is 0 Å². The monoisotopic (exact) mass is 151 g/mol. The highest BCUT2D eigenvalue weighted by Crippen LogP contribution is 2.21. The molecule has 1 unspecified atom stereocenters. The summed E-state index contributed by atoms with van der Waals surface area (Å²) in [4.78, 5) is 2.38. The van der Waals surface area contributed by atoms with Crippen molar-refractivity contribution < 1.29 is 0 Å². The molecule has 1 rings (SSSR count). The van der Waals surface area contributed by atoms with Crippen molar-refractivity contribution in [3.63, 3.8) is 0 Å². The molecule has 0 radical (unpaired) electrons. The number of rotatable bonds is 3. The second-order valence-electron chi connectivity index (χ2n) is 3.48. The zero-order chi connectivity index (χ0) is 8.27. The Balaban J connectivity index is 2.28. The predicted octanol–water partition coefficient (Wildman–Crippen LogP) is 2.07. The second-order valence-corrected chi connectivity index (χ2v) is 3.48. The van der Waals surface area contributed by atoms with Crippen LogP contribution in [0.4, 0.5) is 0 Å². The molecule has 11 heavy (non-hydrogen) atoms. The summed E-state index contributed by atoms with van der Waals surface area (Å²) in [5.41, 5.74) is 1.19. The van der Waals surface area contributed by atoms with Gasteiger partial charge in [-0.05, 0) is 32.4 Å². The molecule has 1 atom stereocenters. The first-order valence-electron chi connectivity index (χ1n) is 4.21. The Labute approximate surface area is 69.4 Å². The van der Waals surface area contributed by atoms with Crippen LogP contribution in [0.1, 0.15) is 12.8 Å². The van der Waals surface area contributed by atoms with Gasteiger partial charge in [-0.25, -0.2) is 0 Å². The Morgan fingerprint density at radius 3 is 2.91 bits per heavy atom. The maximum absolute atomic E-state index is 3.93. The lowest BCUT2D eigenvalue weighted by molar-refractivity contribution is 0.395. The van der Waals surface area contributed by atoms with Crippen LogP contribution in [0.2, 0.25) is 0 Å². The minimum Gasteiger partial charge on any atom is -0.306 e. The summed E-state index contributed by atoms with van der Waals surface area (Å²) in [7, 11) is 2.18. The molecule has 1 heterocycles. The summed E-state index contributed by atoms with van der Waals surface area (Å²) >= 11 is 0. The van der Waals surface area contributed by atoms with Crippen molar-refractivity contribution in [3.8, 4) is 0 Å². The zero-order valence-corrected chi connectivity index (χ0v) is 7.34. The molecule has 0 N–H and O–H groups in total. The molecule has 1 heteroatoms. The van der Waals surface area contributed by atoms with Crippen molar-refractivity contribution in [1.82, 2.24) is 4.90 Å². The van der Waals surface area contributed by atoms with Crippen LogP contribution in [0.15, 0.2) is 24.8 Å². The average molecular weight is 151 g/mol. The van der Waals surface area contributed by atoms with Gasteiger partial charge in [-0.15, -0.1) is 0 Å². The first-order chi connectivity index (χ1) is 5.22. The van der Waals surface area contributed by atoms with E-state index in [1.165, 1.54) is 25.1 Å². The lowest BCUT2D eigenvalue weighted by Gasteiger charge is -2.09. The van der Waals surface area contributed by atoms with Crippen LogP contribution in [0, 0.1) is 5.92 Å². The van der Waals surface area contributed by atoms with Gasteiger partial charge in [-0.3, -0.25) is 0 Å². The molecule has 0 aromatic rings. The molecular formula is C10H17N. The largest absolute Gasteiger partial charge is 0.306 e. The molecule has 1 nitrogen and oxygen atoms in total. The standard InChI is InChI=1S/C10H17N/c1-4-9(2)7-10-5-6-11(3)8-10/h4,10H,1-2,5-8H2,3H3. The van der Waals surface area contributed by atoms with Gasteiger partial charge in [-0.1, -0.05) is 24.8 Å². The molecule has 0 bridgehead atoms. The smallest absolute Gasteiger partial charge is 0.00103 e. The predicted molar refractivity (Wildman–Crippen MR) is 49.6 cm³/mol. The summed E-state index contributed by atoms with van der Waals surface area (Å²) < 4.78 is 0. The van der Waals surface area contributed by atoms with Gasteiger partial charge in [0.15, 0.2) is 0 Å². The summed E-state index contributed by atoms with van der Waals surface area (Å²) in [5.74, 6) is 0.825. The third-order valence-electron chi connectivity index (χ3n) is 2.33. The van der Waals surface area contributed by atoms with Gasteiger partial charge in [0.25, 0.3) is 0 Å². The van der Waals surface area contributed by atoms with Crippen molar-refractivity contribution in [2.45, 2.75) is 12.8 Å². The van der Waals surface area contributed by atoms with Crippen molar-refractivity contribution in [2.24, 2.45) is 5.92 Å². The Kier molecular flexibility index (Phi) is 2.89. The van der Waals surface area contributed by atoms with E-state index in [0.29, 0.717) is 0 Å². The summed E-state index contributed by atoms with van der Waals surface area (Å²) in [6.07, 6.45) is 4.33. The van der Waals surface area contributed by atoms with Crippen LogP contribution in [0.5, 0.6) is 0 Å². The first-order valence-corrected chi connectivity index (χ1v) is 4.21. The third kappa shape index (κ3) is 2.51. The molecule has 0 amide bonds. The SMILES string of the molecule is C=CC(=C)CC1CCN(C)C1. The molecule has 62 valence electrons. The number of allylic oxidation sites excluding steroid dienone is 2.